The average Bonchev–Trinajstić information content (AvgIpc) is 2.54. The number of non-ortho nitro benzene ring substituents is 1. The number of nitrogens with zero attached hydrogens (tertiary/aromatic N) is 2. The van der Waals surface area contributed by atoms with E-state index >= 15 is 0 Å². The molecule has 0 bridgehead atoms. The molecular formula is C14H14N4O4. The predicted molar refractivity (Wildman–Crippen MR) is 81.4 cm³/mol. The first-order valence-electron chi connectivity index (χ1n) is 6.32. The largest absolute Gasteiger partial charge is 0.481 e. The molecule has 0 aliphatic rings. The quantitative estimate of drug-likeness (QED) is 0.648. The van der Waals surface area contributed by atoms with E-state index in [0.29, 0.717) is 17.3 Å². The molecular weight excluding hydrogens is 288 g/mol. The van der Waals surface area contributed by atoms with Gasteiger partial charge in [-0.05, 0) is 12.1 Å². The number of ether oxygens (including phenoxy) is 1. The molecule has 2 aromatic rings. The minimum absolute atomic E-state index is 0.156. The third-order valence-electron chi connectivity index (χ3n) is 2.93. The summed E-state index contributed by atoms with van der Waals surface area (Å²) < 4.78 is 4.93. The smallest absolute Gasteiger partial charge is 0.270 e. The summed E-state index contributed by atoms with van der Waals surface area (Å²) in [5, 5.41) is 16.3. The van der Waals surface area contributed by atoms with Gasteiger partial charge in [0.05, 0.1) is 29.5 Å². The lowest BCUT2D eigenvalue weighted by molar-refractivity contribution is -0.384. The van der Waals surface area contributed by atoms with E-state index in [1.54, 1.807) is 19.2 Å². The highest BCUT2D eigenvalue weighted by Gasteiger charge is 2.16. The van der Waals surface area contributed by atoms with E-state index in [1.165, 1.54) is 31.5 Å². The molecule has 2 rings (SSSR count). The van der Waals surface area contributed by atoms with E-state index < -0.39 is 10.8 Å². The van der Waals surface area contributed by atoms with Crippen LogP contribution in [0.5, 0.6) is 5.88 Å². The van der Waals surface area contributed by atoms with Crippen LogP contribution in [0.3, 0.4) is 0 Å². The lowest BCUT2D eigenvalue weighted by Gasteiger charge is -2.10. The molecule has 22 heavy (non-hydrogen) atoms. The fourth-order valence-electron chi connectivity index (χ4n) is 1.83. The molecule has 0 radical (unpaired) electrons. The molecule has 0 saturated heterocycles. The molecule has 114 valence electrons. The van der Waals surface area contributed by atoms with Crippen molar-refractivity contribution in [3.05, 3.63) is 52.2 Å². The van der Waals surface area contributed by atoms with E-state index in [1.807, 2.05) is 0 Å². The van der Waals surface area contributed by atoms with Crippen LogP contribution in [0, 0.1) is 10.1 Å². The van der Waals surface area contributed by atoms with Gasteiger partial charge in [0.15, 0.2) is 0 Å². The maximum Gasteiger partial charge on any atom is 0.270 e. The Labute approximate surface area is 126 Å². The fourth-order valence-corrected chi connectivity index (χ4v) is 1.83. The Morgan fingerprint density at radius 3 is 2.64 bits per heavy atom. The molecule has 8 heteroatoms. The number of nitro benzene ring substituents is 1. The molecule has 0 atom stereocenters. The van der Waals surface area contributed by atoms with E-state index in [9.17, 15) is 14.9 Å². The Bertz CT molecular complexity index is 700. The lowest BCUT2D eigenvalue weighted by atomic mass is 10.1. The number of aromatic nitrogens is 1. The Hall–Kier alpha value is -3.16. The molecule has 2 N–H and O–H groups in total. The van der Waals surface area contributed by atoms with Crippen LogP contribution in [0.25, 0.3) is 0 Å². The number of pyridine rings is 1. The van der Waals surface area contributed by atoms with Crippen molar-refractivity contribution >= 4 is 23.0 Å². The van der Waals surface area contributed by atoms with E-state index in [2.05, 4.69) is 15.6 Å². The van der Waals surface area contributed by atoms with Gasteiger partial charge in [0.1, 0.15) is 0 Å². The van der Waals surface area contributed by atoms with Crippen molar-refractivity contribution in [3.8, 4) is 5.88 Å². The summed E-state index contributed by atoms with van der Waals surface area (Å²) in [6, 6.07) is 7.26. The molecule has 8 nitrogen and oxygen atoms in total. The first kappa shape index (κ1) is 15.2. The van der Waals surface area contributed by atoms with Gasteiger partial charge in [-0.25, -0.2) is 4.98 Å². The molecule has 1 aromatic heterocycles. The van der Waals surface area contributed by atoms with E-state index in [-0.39, 0.29) is 11.3 Å². The number of anilines is 2. The van der Waals surface area contributed by atoms with Gasteiger partial charge in [0.2, 0.25) is 5.88 Å². The first-order valence-corrected chi connectivity index (χ1v) is 6.32. The van der Waals surface area contributed by atoms with Crippen molar-refractivity contribution in [1.29, 1.82) is 0 Å². The summed E-state index contributed by atoms with van der Waals surface area (Å²) in [5.41, 5.74) is 0.966. The maximum atomic E-state index is 12.3. The zero-order chi connectivity index (χ0) is 16.1. The van der Waals surface area contributed by atoms with Gasteiger partial charge in [0, 0.05) is 30.9 Å². The molecule has 0 spiro atoms. The number of nitro groups is 1. The van der Waals surface area contributed by atoms with Gasteiger partial charge in [-0.2, -0.15) is 0 Å². The zero-order valence-corrected chi connectivity index (χ0v) is 12.0. The predicted octanol–water partition coefficient (Wildman–Crippen LogP) is 2.29. The van der Waals surface area contributed by atoms with Gasteiger partial charge in [-0.15, -0.1) is 0 Å². The van der Waals surface area contributed by atoms with Crippen molar-refractivity contribution in [1.82, 2.24) is 4.98 Å². The monoisotopic (exact) mass is 302 g/mol. The van der Waals surface area contributed by atoms with Crippen LogP contribution in [0.4, 0.5) is 17.1 Å². The second-order valence-corrected chi connectivity index (χ2v) is 4.28. The number of hydrogen-bond acceptors (Lipinski definition) is 6. The lowest BCUT2D eigenvalue weighted by Crippen LogP contribution is -2.14. The van der Waals surface area contributed by atoms with E-state index in [0.717, 1.165) is 0 Å². The zero-order valence-electron chi connectivity index (χ0n) is 12.0. The number of benzene rings is 1. The highest BCUT2D eigenvalue weighted by molar-refractivity contribution is 6.08. The van der Waals surface area contributed by atoms with Crippen LogP contribution in [0.2, 0.25) is 0 Å². The molecule has 0 aliphatic carbocycles. The average molecular weight is 302 g/mol. The second kappa shape index (κ2) is 6.53. The summed E-state index contributed by atoms with van der Waals surface area (Å²) in [6.45, 7) is 0. The topological polar surface area (TPSA) is 106 Å². The number of rotatable bonds is 5. The van der Waals surface area contributed by atoms with Crippen LogP contribution < -0.4 is 15.4 Å². The SMILES string of the molecule is CNc1ccc([N+](=O)[O-])cc1C(=O)Nc1ccc(OC)nc1. The molecule has 0 unspecified atom stereocenters. The summed E-state index contributed by atoms with van der Waals surface area (Å²) >= 11 is 0. The van der Waals surface area contributed by atoms with Gasteiger partial charge in [-0.3, -0.25) is 14.9 Å². The molecule has 0 saturated carbocycles. The summed E-state index contributed by atoms with van der Waals surface area (Å²) in [6.07, 6.45) is 1.44. The maximum absolute atomic E-state index is 12.3. The third-order valence-corrected chi connectivity index (χ3v) is 2.93. The number of methoxy groups -OCH3 is 1. The standard InChI is InChI=1S/C14H14N4O4/c1-15-12-5-4-10(18(20)21)7-11(12)14(19)17-9-3-6-13(22-2)16-8-9/h3-8,15H,1-2H3,(H,17,19). The van der Waals surface area contributed by atoms with E-state index in [4.69, 9.17) is 4.74 Å². The first-order chi connectivity index (χ1) is 10.5. The van der Waals surface area contributed by atoms with Gasteiger partial charge < -0.3 is 15.4 Å². The molecule has 1 heterocycles. The van der Waals surface area contributed by atoms with Crippen molar-refractivity contribution in [2.45, 2.75) is 0 Å². The number of hydrogen-bond donors (Lipinski definition) is 2. The Kier molecular flexibility index (Phi) is 4.52. The van der Waals surface area contributed by atoms with Crippen LogP contribution >= 0.6 is 0 Å². The number of carbonyl (C=O) groups excluding carboxylic acids is 1. The Morgan fingerprint density at radius 1 is 1.32 bits per heavy atom. The highest BCUT2D eigenvalue weighted by atomic mass is 16.6. The number of carbonyl (C=O) groups is 1. The minimum atomic E-state index is -0.550. The number of nitrogens with one attached hydrogen (secondary N) is 2. The van der Waals surface area contributed by atoms with Crippen LogP contribution in [-0.4, -0.2) is 30.0 Å². The fraction of sp³-hybridized carbons (Fsp3) is 0.143. The second-order valence-electron chi connectivity index (χ2n) is 4.28. The van der Waals surface area contributed by atoms with Crippen molar-refractivity contribution in [2.75, 3.05) is 24.8 Å². The summed E-state index contributed by atoms with van der Waals surface area (Å²) in [5.74, 6) is -0.0516. The van der Waals surface area contributed by atoms with Crippen molar-refractivity contribution in [2.24, 2.45) is 0 Å². The third kappa shape index (κ3) is 3.29. The summed E-state index contributed by atoms with van der Waals surface area (Å²) in [7, 11) is 3.12. The molecule has 1 aromatic carbocycles. The Morgan fingerprint density at radius 2 is 2.09 bits per heavy atom. The van der Waals surface area contributed by atoms with Gasteiger partial charge >= 0.3 is 0 Å². The molecule has 0 fully saturated rings. The van der Waals surface area contributed by atoms with Crippen molar-refractivity contribution < 1.29 is 14.5 Å². The van der Waals surface area contributed by atoms with Crippen LogP contribution in [-0.2, 0) is 0 Å². The van der Waals surface area contributed by atoms with Gasteiger partial charge in [0.25, 0.3) is 11.6 Å². The molecule has 0 aliphatic heterocycles. The normalized spacial score (nSPS) is 9.91. The van der Waals surface area contributed by atoms with Crippen LogP contribution in [0.15, 0.2) is 36.5 Å². The highest BCUT2D eigenvalue weighted by Crippen LogP contribution is 2.23. The Balaban J connectivity index is 2.27. The summed E-state index contributed by atoms with van der Waals surface area (Å²) in [4.78, 5) is 26.5. The number of amides is 1. The van der Waals surface area contributed by atoms with Gasteiger partial charge in [-0.1, -0.05) is 0 Å². The van der Waals surface area contributed by atoms with Crippen LogP contribution in [0.1, 0.15) is 10.4 Å². The molecule has 1 amide bonds. The van der Waals surface area contributed by atoms with Crippen molar-refractivity contribution in [3.63, 3.8) is 0 Å². The minimum Gasteiger partial charge on any atom is -0.481 e.